The fourth-order valence-electron chi connectivity index (χ4n) is 2.74. The van der Waals surface area contributed by atoms with Crippen LogP contribution in [0.1, 0.15) is 42.4 Å². The van der Waals surface area contributed by atoms with Gasteiger partial charge in [0.2, 0.25) is 0 Å². The highest BCUT2D eigenvalue weighted by Crippen LogP contribution is 2.32. The highest BCUT2D eigenvalue weighted by atomic mass is 14.9. The van der Waals surface area contributed by atoms with E-state index in [1.807, 2.05) is 0 Å². The molecule has 15 heavy (non-hydrogen) atoms. The second-order valence-electron chi connectivity index (χ2n) is 4.65. The second-order valence-corrected chi connectivity index (χ2v) is 4.65. The van der Waals surface area contributed by atoms with E-state index in [4.69, 9.17) is 0 Å². The third-order valence-corrected chi connectivity index (χ3v) is 3.83. The van der Waals surface area contributed by atoms with Gasteiger partial charge in [-0.25, -0.2) is 0 Å². The molecule has 1 heterocycles. The Kier molecular flexibility index (Phi) is 3.11. The Bertz CT molecular complexity index is 343. The lowest BCUT2D eigenvalue weighted by molar-refractivity contribution is 0.530. The van der Waals surface area contributed by atoms with Gasteiger partial charge in [-0.3, -0.25) is 0 Å². The van der Waals surface area contributed by atoms with Gasteiger partial charge in [0.15, 0.2) is 0 Å². The van der Waals surface area contributed by atoms with Crippen LogP contribution in [0.5, 0.6) is 0 Å². The van der Waals surface area contributed by atoms with Gasteiger partial charge in [-0.15, -0.1) is 0 Å². The molecule has 0 saturated carbocycles. The van der Waals surface area contributed by atoms with E-state index in [-0.39, 0.29) is 0 Å². The van der Waals surface area contributed by atoms with E-state index in [0.717, 1.165) is 5.92 Å². The molecule has 2 unspecified atom stereocenters. The van der Waals surface area contributed by atoms with Gasteiger partial charge < -0.3 is 5.32 Å². The van der Waals surface area contributed by atoms with Gasteiger partial charge >= 0.3 is 0 Å². The third kappa shape index (κ3) is 1.93. The molecule has 0 aliphatic carbocycles. The van der Waals surface area contributed by atoms with Crippen LogP contribution < -0.4 is 5.32 Å². The van der Waals surface area contributed by atoms with Gasteiger partial charge in [-0.1, -0.05) is 25.1 Å². The first-order valence-corrected chi connectivity index (χ1v) is 6.03. The summed E-state index contributed by atoms with van der Waals surface area (Å²) in [4.78, 5) is 0. The smallest absolute Gasteiger partial charge is 0.0134 e. The van der Waals surface area contributed by atoms with Crippen LogP contribution in [0.4, 0.5) is 0 Å². The van der Waals surface area contributed by atoms with Crippen molar-refractivity contribution in [2.45, 2.75) is 45.6 Å². The number of nitrogens with one attached hydrogen (secondary N) is 1. The lowest BCUT2D eigenvalue weighted by Gasteiger charge is -2.21. The minimum absolute atomic E-state index is 0.686. The molecule has 1 aromatic rings. The van der Waals surface area contributed by atoms with Crippen molar-refractivity contribution < 1.29 is 0 Å². The summed E-state index contributed by atoms with van der Waals surface area (Å²) in [6, 6.07) is 7.40. The van der Waals surface area contributed by atoms with Crippen molar-refractivity contribution in [3.63, 3.8) is 0 Å². The zero-order valence-electron chi connectivity index (χ0n) is 10.0. The quantitative estimate of drug-likeness (QED) is 0.778. The summed E-state index contributed by atoms with van der Waals surface area (Å²) in [7, 11) is 0. The summed E-state index contributed by atoms with van der Waals surface area (Å²) in [5, 5.41) is 3.60. The Labute approximate surface area is 92.9 Å². The first kappa shape index (κ1) is 10.7. The molecule has 1 fully saturated rings. The minimum atomic E-state index is 0.686. The molecule has 2 rings (SSSR count). The maximum Gasteiger partial charge on any atom is 0.0134 e. The summed E-state index contributed by atoms with van der Waals surface area (Å²) < 4.78 is 0. The van der Waals surface area contributed by atoms with Gasteiger partial charge in [0.1, 0.15) is 0 Å². The van der Waals surface area contributed by atoms with Crippen LogP contribution in [0.2, 0.25) is 0 Å². The molecular weight excluding hydrogens is 182 g/mol. The first-order chi connectivity index (χ1) is 7.24. The molecule has 1 aliphatic heterocycles. The third-order valence-electron chi connectivity index (χ3n) is 3.83. The molecule has 1 aromatic carbocycles. The summed E-state index contributed by atoms with van der Waals surface area (Å²) in [6.07, 6.45) is 2.53. The number of rotatable bonds is 2. The molecule has 0 radical (unpaired) electrons. The van der Waals surface area contributed by atoms with E-state index in [1.165, 1.54) is 30.5 Å². The summed E-state index contributed by atoms with van der Waals surface area (Å²) in [5.41, 5.74) is 4.48. The van der Waals surface area contributed by atoms with Crippen molar-refractivity contribution >= 4 is 0 Å². The van der Waals surface area contributed by atoms with Crippen LogP contribution in [-0.2, 0) is 0 Å². The fraction of sp³-hybridized carbons (Fsp3) is 0.571. The molecule has 0 aromatic heterocycles. The van der Waals surface area contributed by atoms with E-state index in [0.29, 0.717) is 6.04 Å². The zero-order valence-corrected chi connectivity index (χ0v) is 10.0. The molecule has 1 saturated heterocycles. The minimum Gasteiger partial charge on any atom is -0.313 e. The molecule has 1 heteroatoms. The Morgan fingerprint density at radius 3 is 2.87 bits per heavy atom. The van der Waals surface area contributed by atoms with E-state index in [9.17, 15) is 0 Å². The van der Waals surface area contributed by atoms with E-state index in [1.54, 1.807) is 5.56 Å². The van der Waals surface area contributed by atoms with Crippen LogP contribution in [0.3, 0.4) is 0 Å². The molecule has 82 valence electrons. The largest absolute Gasteiger partial charge is 0.313 e. The van der Waals surface area contributed by atoms with Gasteiger partial charge in [0, 0.05) is 12.0 Å². The van der Waals surface area contributed by atoms with Crippen LogP contribution in [0.25, 0.3) is 0 Å². The maximum absolute atomic E-state index is 3.60. The van der Waals surface area contributed by atoms with Crippen molar-refractivity contribution in [2.24, 2.45) is 0 Å². The van der Waals surface area contributed by atoms with E-state index >= 15 is 0 Å². The van der Waals surface area contributed by atoms with Crippen LogP contribution in [0.15, 0.2) is 18.2 Å². The van der Waals surface area contributed by atoms with E-state index < -0.39 is 0 Å². The summed E-state index contributed by atoms with van der Waals surface area (Å²) >= 11 is 0. The van der Waals surface area contributed by atoms with Gasteiger partial charge in [-0.05, 0) is 49.9 Å². The zero-order chi connectivity index (χ0) is 10.8. The van der Waals surface area contributed by atoms with Crippen molar-refractivity contribution in [3.8, 4) is 0 Å². The summed E-state index contributed by atoms with van der Waals surface area (Å²) in [6.45, 7) is 7.93. The Balaban J connectivity index is 2.32. The average molecular weight is 203 g/mol. The Hall–Kier alpha value is -0.820. The Morgan fingerprint density at radius 1 is 1.33 bits per heavy atom. The highest BCUT2D eigenvalue weighted by Gasteiger charge is 2.27. The molecule has 0 spiro atoms. The van der Waals surface area contributed by atoms with Crippen molar-refractivity contribution in [1.82, 2.24) is 5.32 Å². The first-order valence-electron chi connectivity index (χ1n) is 6.03. The molecule has 0 amide bonds. The lowest BCUT2D eigenvalue weighted by Crippen LogP contribution is -2.25. The van der Waals surface area contributed by atoms with Crippen molar-refractivity contribution in [1.29, 1.82) is 0 Å². The second kappa shape index (κ2) is 4.36. The molecule has 1 aliphatic rings. The lowest BCUT2D eigenvalue weighted by atomic mass is 9.86. The maximum atomic E-state index is 3.60. The SMILES string of the molecule is CCC1NCCC1c1cccc(C)c1C. The van der Waals surface area contributed by atoms with Crippen molar-refractivity contribution in [3.05, 3.63) is 34.9 Å². The van der Waals surface area contributed by atoms with E-state index in [2.05, 4.69) is 44.3 Å². The number of hydrogen-bond donors (Lipinski definition) is 1. The predicted molar refractivity (Wildman–Crippen MR) is 65.4 cm³/mol. The highest BCUT2D eigenvalue weighted by molar-refractivity contribution is 5.37. The molecular formula is C14H21N. The van der Waals surface area contributed by atoms with Gasteiger partial charge in [0.25, 0.3) is 0 Å². The van der Waals surface area contributed by atoms with Crippen LogP contribution in [0, 0.1) is 13.8 Å². The monoisotopic (exact) mass is 203 g/mol. The normalized spacial score (nSPS) is 25.8. The number of aryl methyl sites for hydroxylation is 1. The molecule has 0 bridgehead atoms. The molecule has 1 N–H and O–H groups in total. The number of benzene rings is 1. The van der Waals surface area contributed by atoms with Crippen LogP contribution in [-0.4, -0.2) is 12.6 Å². The number of hydrogen-bond acceptors (Lipinski definition) is 1. The average Bonchev–Trinajstić information content (AvgIpc) is 2.70. The van der Waals surface area contributed by atoms with Crippen molar-refractivity contribution in [2.75, 3.05) is 6.54 Å². The standard InChI is InChI=1S/C14H21N/c1-4-14-13(8-9-15-14)12-7-5-6-10(2)11(12)3/h5-7,13-15H,4,8-9H2,1-3H3. The Morgan fingerprint density at radius 2 is 2.13 bits per heavy atom. The molecule has 1 nitrogen and oxygen atoms in total. The topological polar surface area (TPSA) is 12.0 Å². The summed E-state index contributed by atoms with van der Waals surface area (Å²) in [5.74, 6) is 0.731. The predicted octanol–water partition coefficient (Wildman–Crippen LogP) is 3.16. The molecule has 2 atom stereocenters. The van der Waals surface area contributed by atoms with Crippen LogP contribution >= 0.6 is 0 Å². The van der Waals surface area contributed by atoms with Gasteiger partial charge in [0.05, 0.1) is 0 Å². The fourth-order valence-corrected chi connectivity index (χ4v) is 2.74. The van der Waals surface area contributed by atoms with Gasteiger partial charge in [-0.2, -0.15) is 0 Å².